The summed E-state index contributed by atoms with van der Waals surface area (Å²) < 4.78 is 28.6. The van der Waals surface area contributed by atoms with Gasteiger partial charge in [-0.3, -0.25) is 4.79 Å². The number of rotatable bonds is 10. The van der Waals surface area contributed by atoms with Gasteiger partial charge in [-0.1, -0.05) is 6.07 Å². The zero-order chi connectivity index (χ0) is 17.6. The first-order valence-corrected chi connectivity index (χ1v) is 10.1. The van der Waals surface area contributed by atoms with Crippen molar-refractivity contribution in [1.29, 1.82) is 0 Å². The quantitative estimate of drug-likeness (QED) is 0.616. The van der Waals surface area contributed by atoms with Crippen LogP contribution in [0.5, 0.6) is 5.75 Å². The lowest BCUT2D eigenvalue weighted by Crippen LogP contribution is -2.37. The lowest BCUT2D eigenvalue weighted by molar-refractivity contribution is -0.129. The summed E-state index contributed by atoms with van der Waals surface area (Å²) in [5.41, 5.74) is 0. The van der Waals surface area contributed by atoms with Gasteiger partial charge >= 0.3 is 0 Å². The molecule has 0 saturated heterocycles. The van der Waals surface area contributed by atoms with Crippen molar-refractivity contribution in [2.24, 2.45) is 5.92 Å². The van der Waals surface area contributed by atoms with Gasteiger partial charge in [0.2, 0.25) is 5.91 Å². The Morgan fingerprint density at radius 1 is 1.36 bits per heavy atom. The molecule has 1 fully saturated rings. The fraction of sp³-hybridized carbons (Fsp3) is 0.588. The van der Waals surface area contributed by atoms with Crippen LogP contribution in [0.4, 0.5) is 0 Å². The van der Waals surface area contributed by atoms with E-state index >= 15 is 0 Å². The molecule has 1 amide bonds. The number of halogens is 1. The molecule has 6 nitrogen and oxygen atoms in total. The van der Waals surface area contributed by atoms with E-state index in [0.717, 1.165) is 12.5 Å². The first kappa shape index (κ1) is 21.7. The highest BCUT2D eigenvalue weighted by Crippen LogP contribution is 2.27. The van der Waals surface area contributed by atoms with Crippen LogP contribution in [0, 0.1) is 5.92 Å². The topological polar surface area (TPSA) is 75.7 Å². The van der Waals surface area contributed by atoms with Gasteiger partial charge in [-0.05, 0) is 49.9 Å². The number of amides is 1. The Labute approximate surface area is 156 Å². The number of sulfone groups is 1. The molecule has 0 aliphatic heterocycles. The highest BCUT2D eigenvalue weighted by molar-refractivity contribution is 7.90. The Morgan fingerprint density at radius 2 is 2.08 bits per heavy atom. The SMILES string of the molecule is CN(CCCOc1cccc(S(C)(=O)=O)c1)C(=O)CNCC1CC1.Cl. The lowest BCUT2D eigenvalue weighted by atomic mass is 10.3. The molecule has 1 aromatic carbocycles. The minimum absolute atomic E-state index is 0. The first-order chi connectivity index (χ1) is 11.4. The van der Waals surface area contributed by atoms with Crippen LogP contribution >= 0.6 is 12.4 Å². The Balaban J connectivity index is 0.00000312. The molecule has 1 saturated carbocycles. The van der Waals surface area contributed by atoms with Crippen LogP contribution in [0.2, 0.25) is 0 Å². The number of likely N-dealkylation sites (N-methyl/N-ethyl adjacent to an activating group) is 1. The molecular formula is C17H27ClN2O4S. The maximum atomic E-state index is 11.9. The fourth-order valence-electron chi connectivity index (χ4n) is 2.25. The van der Waals surface area contributed by atoms with Gasteiger partial charge in [-0.15, -0.1) is 12.4 Å². The number of nitrogens with zero attached hydrogens (tertiary/aromatic N) is 1. The van der Waals surface area contributed by atoms with Crippen molar-refractivity contribution in [3.63, 3.8) is 0 Å². The van der Waals surface area contributed by atoms with Crippen LogP contribution in [0.25, 0.3) is 0 Å². The zero-order valence-corrected chi connectivity index (χ0v) is 16.4. The van der Waals surface area contributed by atoms with E-state index in [0.29, 0.717) is 31.9 Å². The predicted octanol–water partition coefficient (Wildman–Crippen LogP) is 1.74. The zero-order valence-electron chi connectivity index (χ0n) is 14.7. The summed E-state index contributed by atoms with van der Waals surface area (Å²) in [5, 5.41) is 3.19. The third-order valence-corrected chi connectivity index (χ3v) is 5.08. The number of carbonyl (C=O) groups is 1. The van der Waals surface area contributed by atoms with Crippen molar-refractivity contribution in [3.8, 4) is 5.75 Å². The summed E-state index contributed by atoms with van der Waals surface area (Å²) in [6.45, 7) is 2.35. The lowest BCUT2D eigenvalue weighted by Gasteiger charge is -2.17. The summed E-state index contributed by atoms with van der Waals surface area (Å²) in [7, 11) is -1.45. The highest BCUT2D eigenvalue weighted by atomic mass is 35.5. The average molecular weight is 391 g/mol. The Bertz CT molecular complexity index is 662. The molecule has 0 bridgehead atoms. The van der Waals surface area contributed by atoms with Crippen molar-refractivity contribution in [3.05, 3.63) is 24.3 Å². The Kier molecular flexibility index (Phi) is 8.68. The van der Waals surface area contributed by atoms with Crippen LogP contribution in [0.3, 0.4) is 0 Å². The second-order valence-corrected chi connectivity index (χ2v) is 8.35. The Hall–Kier alpha value is -1.31. The van der Waals surface area contributed by atoms with Crippen LogP contribution < -0.4 is 10.1 Å². The van der Waals surface area contributed by atoms with Gasteiger partial charge in [0.15, 0.2) is 9.84 Å². The summed E-state index contributed by atoms with van der Waals surface area (Å²) in [6, 6.07) is 6.45. The minimum Gasteiger partial charge on any atom is -0.493 e. The van der Waals surface area contributed by atoms with Gasteiger partial charge in [-0.2, -0.15) is 0 Å². The van der Waals surface area contributed by atoms with Gasteiger partial charge < -0.3 is 15.0 Å². The molecule has 0 atom stereocenters. The monoisotopic (exact) mass is 390 g/mol. The van der Waals surface area contributed by atoms with Crippen molar-refractivity contribution in [2.75, 3.05) is 39.5 Å². The molecule has 1 aliphatic rings. The van der Waals surface area contributed by atoms with Crippen LogP contribution in [-0.2, 0) is 14.6 Å². The third-order valence-electron chi connectivity index (χ3n) is 3.97. The largest absolute Gasteiger partial charge is 0.493 e. The van der Waals surface area contributed by atoms with Crippen molar-refractivity contribution in [1.82, 2.24) is 10.2 Å². The molecule has 1 aliphatic carbocycles. The first-order valence-electron chi connectivity index (χ1n) is 8.24. The summed E-state index contributed by atoms with van der Waals surface area (Å²) in [4.78, 5) is 13.9. The molecule has 0 radical (unpaired) electrons. The number of nitrogens with one attached hydrogen (secondary N) is 1. The average Bonchev–Trinajstić information content (AvgIpc) is 3.35. The van der Waals surface area contributed by atoms with E-state index < -0.39 is 9.84 Å². The second kappa shape index (κ2) is 9.99. The van der Waals surface area contributed by atoms with Gasteiger partial charge in [0.05, 0.1) is 18.0 Å². The van der Waals surface area contributed by atoms with Crippen molar-refractivity contribution in [2.45, 2.75) is 24.2 Å². The Morgan fingerprint density at radius 3 is 2.72 bits per heavy atom. The van der Waals surface area contributed by atoms with Gasteiger partial charge in [-0.25, -0.2) is 8.42 Å². The maximum Gasteiger partial charge on any atom is 0.236 e. The number of benzene rings is 1. The van der Waals surface area contributed by atoms with Crippen LogP contribution in [-0.4, -0.2) is 58.8 Å². The smallest absolute Gasteiger partial charge is 0.236 e. The van der Waals surface area contributed by atoms with Gasteiger partial charge in [0.1, 0.15) is 5.75 Å². The second-order valence-electron chi connectivity index (χ2n) is 6.34. The number of hydrogen-bond acceptors (Lipinski definition) is 5. The maximum absolute atomic E-state index is 11.9. The van der Waals surface area contributed by atoms with E-state index in [4.69, 9.17) is 4.74 Å². The molecule has 0 spiro atoms. The normalized spacial score (nSPS) is 13.8. The van der Waals surface area contributed by atoms with E-state index in [9.17, 15) is 13.2 Å². The van der Waals surface area contributed by atoms with E-state index in [2.05, 4.69) is 5.32 Å². The molecule has 0 unspecified atom stereocenters. The standard InChI is InChI=1S/C17H26N2O4S.ClH/c1-19(17(20)13-18-12-14-7-8-14)9-4-10-23-15-5-3-6-16(11-15)24(2,21)22;/h3,5-6,11,14,18H,4,7-10,12-13H2,1-2H3;1H. The van der Waals surface area contributed by atoms with Gasteiger partial charge in [0.25, 0.3) is 0 Å². The third kappa shape index (κ3) is 8.07. The molecule has 0 heterocycles. The number of ether oxygens (including phenoxy) is 1. The van der Waals surface area contributed by atoms with E-state index in [1.165, 1.54) is 25.2 Å². The van der Waals surface area contributed by atoms with Gasteiger partial charge in [0, 0.05) is 19.8 Å². The summed E-state index contributed by atoms with van der Waals surface area (Å²) in [6.07, 6.45) is 4.40. The molecule has 1 N–H and O–H groups in total. The molecule has 8 heteroatoms. The summed E-state index contributed by atoms with van der Waals surface area (Å²) >= 11 is 0. The fourth-order valence-corrected chi connectivity index (χ4v) is 2.91. The molecular weight excluding hydrogens is 364 g/mol. The minimum atomic E-state index is -3.23. The molecule has 25 heavy (non-hydrogen) atoms. The van der Waals surface area contributed by atoms with E-state index in [1.54, 1.807) is 30.1 Å². The highest BCUT2D eigenvalue weighted by Gasteiger charge is 2.20. The van der Waals surface area contributed by atoms with Crippen LogP contribution in [0.1, 0.15) is 19.3 Å². The van der Waals surface area contributed by atoms with Crippen molar-refractivity contribution >= 4 is 28.2 Å². The molecule has 142 valence electrons. The van der Waals surface area contributed by atoms with E-state index in [1.807, 2.05) is 0 Å². The van der Waals surface area contributed by atoms with Crippen LogP contribution in [0.15, 0.2) is 29.2 Å². The molecule has 2 rings (SSSR count). The predicted molar refractivity (Wildman–Crippen MR) is 100 cm³/mol. The van der Waals surface area contributed by atoms with E-state index in [-0.39, 0.29) is 23.2 Å². The molecule has 0 aromatic heterocycles. The molecule has 1 aromatic rings. The van der Waals surface area contributed by atoms with Crippen molar-refractivity contribution < 1.29 is 17.9 Å². The number of carbonyl (C=O) groups excluding carboxylic acids is 1. The number of hydrogen-bond donors (Lipinski definition) is 1. The summed E-state index contributed by atoms with van der Waals surface area (Å²) in [5.74, 6) is 1.37.